The number of hydrogen-bond donors (Lipinski definition) is 2. The number of anilines is 1. The first-order chi connectivity index (χ1) is 12.2. The van der Waals surface area contributed by atoms with Crippen LogP contribution < -0.4 is 9.62 Å². The molecule has 0 unspecified atom stereocenters. The summed E-state index contributed by atoms with van der Waals surface area (Å²) in [4.78, 5) is 27.1. The summed E-state index contributed by atoms with van der Waals surface area (Å²) in [5.41, 5.74) is 1.77. The quantitative estimate of drug-likeness (QED) is 0.792. The van der Waals surface area contributed by atoms with Crippen molar-refractivity contribution in [3.63, 3.8) is 0 Å². The van der Waals surface area contributed by atoms with Crippen LogP contribution in [0.5, 0.6) is 0 Å². The van der Waals surface area contributed by atoms with Crippen molar-refractivity contribution < 1.29 is 23.1 Å². The molecule has 0 fully saturated rings. The number of nitrogens with zero attached hydrogens (tertiary/aromatic N) is 2. The Morgan fingerprint density at radius 2 is 2.15 bits per heavy atom. The zero-order valence-electron chi connectivity index (χ0n) is 14.1. The van der Waals surface area contributed by atoms with Gasteiger partial charge in [0.05, 0.1) is 18.5 Å². The second-order valence-electron chi connectivity index (χ2n) is 6.07. The van der Waals surface area contributed by atoms with Crippen LogP contribution >= 0.6 is 11.3 Å². The number of carboxylic acids is 1. The van der Waals surface area contributed by atoms with Crippen molar-refractivity contribution >= 4 is 38.9 Å². The molecule has 0 aliphatic carbocycles. The number of rotatable bonds is 5. The molecule has 0 bridgehead atoms. The highest BCUT2D eigenvalue weighted by Crippen LogP contribution is 2.34. The van der Waals surface area contributed by atoms with Gasteiger partial charge in [-0.15, -0.1) is 11.3 Å². The van der Waals surface area contributed by atoms with Crippen LogP contribution in [-0.4, -0.2) is 42.7 Å². The number of aromatic carboxylic acids is 1. The fraction of sp³-hybridized carbons (Fsp3) is 0.312. The van der Waals surface area contributed by atoms with E-state index in [4.69, 9.17) is 5.11 Å². The van der Waals surface area contributed by atoms with Gasteiger partial charge in [0.25, 0.3) is 5.91 Å². The molecule has 1 amide bonds. The molecule has 0 saturated heterocycles. The molecule has 3 rings (SSSR count). The summed E-state index contributed by atoms with van der Waals surface area (Å²) in [5, 5.41) is 13.5. The average molecular weight is 395 g/mol. The van der Waals surface area contributed by atoms with Crippen molar-refractivity contribution in [2.75, 3.05) is 10.6 Å². The summed E-state index contributed by atoms with van der Waals surface area (Å²) in [6, 6.07) is 4.72. The molecular weight excluding hydrogens is 378 g/mol. The summed E-state index contributed by atoms with van der Waals surface area (Å²) in [6.45, 7) is 1.95. The third kappa shape index (κ3) is 3.56. The second-order valence-corrected chi connectivity index (χ2v) is 8.87. The third-order valence-corrected chi connectivity index (χ3v) is 6.14. The highest BCUT2D eigenvalue weighted by atomic mass is 32.2. The molecular formula is C16H17N3O5S2. The molecule has 1 aromatic heterocycles. The van der Waals surface area contributed by atoms with Crippen LogP contribution in [0.1, 0.15) is 38.3 Å². The topological polar surface area (TPSA) is 117 Å². The molecule has 138 valence electrons. The lowest BCUT2D eigenvalue weighted by Gasteiger charge is -2.21. The molecule has 0 saturated carbocycles. The number of carbonyl (C=O) groups excluding carboxylic acids is 1. The number of sulfonamides is 1. The van der Waals surface area contributed by atoms with Crippen LogP contribution in [0.4, 0.5) is 5.69 Å². The Bertz CT molecular complexity index is 984. The first-order valence-electron chi connectivity index (χ1n) is 7.75. The molecule has 26 heavy (non-hydrogen) atoms. The minimum atomic E-state index is -3.37. The number of benzene rings is 1. The van der Waals surface area contributed by atoms with Crippen LogP contribution in [0.15, 0.2) is 23.6 Å². The normalized spacial score (nSPS) is 16.4. The van der Waals surface area contributed by atoms with Gasteiger partial charge in [-0.2, -0.15) is 0 Å². The Labute approximate surface area is 154 Å². The SMILES string of the molecule is C[C@@H]1Cc2cc(C(=O)NCc3nc(C(=O)O)cs3)ccc2N1S(C)(=O)=O. The van der Waals surface area contributed by atoms with E-state index in [-0.39, 0.29) is 24.2 Å². The molecule has 1 atom stereocenters. The Hall–Kier alpha value is -2.46. The summed E-state index contributed by atoms with van der Waals surface area (Å²) in [5.74, 6) is -1.44. The van der Waals surface area contributed by atoms with Gasteiger partial charge in [0.1, 0.15) is 5.01 Å². The number of carboxylic acid groups (broad SMARTS) is 1. The minimum Gasteiger partial charge on any atom is -0.476 e. The third-order valence-electron chi connectivity index (χ3n) is 4.02. The lowest BCUT2D eigenvalue weighted by atomic mass is 10.1. The molecule has 2 aromatic rings. The molecule has 8 nitrogen and oxygen atoms in total. The van der Waals surface area contributed by atoms with E-state index in [0.29, 0.717) is 22.7 Å². The Balaban J connectivity index is 1.73. The lowest BCUT2D eigenvalue weighted by molar-refractivity contribution is 0.0691. The van der Waals surface area contributed by atoms with Crippen molar-refractivity contribution in [3.8, 4) is 0 Å². The van der Waals surface area contributed by atoms with Gasteiger partial charge < -0.3 is 10.4 Å². The van der Waals surface area contributed by atoms with Gasteiger partial charge in [-0.25, -0.2) is 18.2 Å². The molecule has 0 spiro atoms. The van der Waals surface area contributed by atoms with Crippen LogP contribution in [0.3, 0.4) is 0 Å². The van der Waals surface area contributed by atoms with Crippen molar-refractivity contribution in [1.29, 1.82) is 0 Å². The van der Waals surface area contributed by atoms with Crippen molar-refractivity contribution in [3.05, 3.63) is 45.4 Å². The van der Waals surface area contributed by atoms with Crippen LogP contribution in [0, 0.1) is 0 Å². The molecule has 1 aliphatic heterocycles. The van der Waals surface area contributed by atoms with Crippen molar-refractivity contribution in [1.82, 2.24) is 10.3 Å². The van der Waals surface area contributed by atoms with E-state index in [1.165, 1.54) is 15.9 Å². The summed E-state index contributed by atoms with van der Waals surface area (Å²) in [6.07, 6.45) is 1.70. The van der Waals surface area contributed by atoms with Crippen molar-refractivity contribution in [2.24, 2.45) is 0 Å². The second kappa shape index (κ2) is 6.69. The smallest absolute Gasteiger partial charge is 0.355 e. The predicted molar refractivity (Wildman–Crippen MR) is 97.2 cm³/mol. The number of thiazole rings is 1. The first-order valence-corrected chi connectivity index (χ1v) is 10.5. The molecule has 0 radical (unpaired) electrons. The lowest BCUT2D eigenvalue weighted by Crippen LogP contribution is -2.34. The van der Waals surface area contributed by atoms with Crippen LogP contribution in [0.2, 0.25) is 0 Å². The van der Waals surface area contributed by atoms with E-state index in [9.17, 15) is 18.0 Å². The summed E-state index contributed by atoms with van der Waals surface area (Å²) in [7, 11) is -3.37. The fourth-order valence-corrected chi connectivity index (χ4v) is 4.97. The average Bonchev–Trinajstić information content (AvgIpc) is 3.14. The zero-order chi connectivity index (χ0) is 19.1. The van der Waals surface area contributed by atoms with Gasteiger partial charge in [0, 0.05) is 17.0 Å². The maximum absolute atomic E-state index is 12.3. The van der Waals surface area contributed by atoms with Crippen molar-refractivity contribution in [2.45, 2.75) is 25.9 Å². The first kappa shape index (κ1) is 18.3. The van der Waals surface area contributed by atoms with Gasteiger partial charge in [-0.1, -0.05) is 0 Å². The summed E-state index contributed by atoms with van der Waals surface area (Å²) >= 11 is 1.16. The van der Waals surface area contributed by atoms with E-state index >= 15 is 0 Å². The number of fused-ring (bicyclic) bond motifs is 1. The number of carbonyl (C=O) groups is 2. The van der Waals surface area contributed by atoms with Crippen LogP contribution in [-0.2, 0) is 23.0 Å². The molecule has 10 heteroatoms. The fourth-order valence-electron chi connectivity index (χ4n) is 3.00. The van der Waals surface area contributed by atoms with E-state index in [0.717, 1.165) is 16.9 Å². The zero-order valence-corrected chi connectivity index (χ0v) is 15.7. The van der Waals surface area contributed by atoms with E-state index < -0.39 is 16.0 Å². The number of amides is 1. The monoisotopic (exact) mass is 395 g/mol. The molecule has 2 heterocycles. The predicted octanol–water partition coefficient (Wildman–Crippen LogP) is 1.48. The number of nitrogens with one attached hydrogen (secondary N) is 1. The van der Waals surface area contributed by atoms with Crippen LogP contribution in [0.25, 0.3) is 0 Å². The number of hydrogen-bond acceptors (Lipinski definition) is 6. The number of aromatic nitrogens is 1. The van der Waals surface area contributed by atoms with Gasteiger partial charge in [-0.05, 0) is 37.1 Å². The Kier molecular flexibility index (Phi) is 4.72. The Morgan fingerprint density at radius 1 is 1.42 bits per heavy atom. The standard InChI is InChI=1S/C16H17N3O5S2/c1-9-5-11-6-10(3-4-13(11)19(9)26(2,23)24)15(20)17-7-14-18-12(8-25-14)16(21)22/h3-4,6,8-9H,5,7H2,1-2H3,(H,17,20)(H,21,22)/t9-/m1/s1. The van der Waals surface area contributed by atoms with E-state index in [2.05, 4.69) is 10.3 Å². The van der Waals surface area contributed by atoms with Gasteiger partial charge >= 0.3 is 5.97 Å². The van der Waals surface area contributed by atoms with Gasteiger partial charge in [-0.3, -0.25) is 9.10 Å². The maximum Gasteiger partial charge on any atom is 0.355 e. The van der Waals surface area contributed by atoms with Gasteiger partial charge in [0.15, 0.2) is 5.69 Å². The molecule has 1 aliphatic rings. The highest BCUT2D eigenvalue weighted by Gasteiger charge is 2.32. The minimum absolute atomic E-state index is 0.0494. The summed E-state index contributed by atoms with van der Waals surface area (Å²) < 4.78 is 25.2. The molecule has 2 N–H and O–H groups in total. The van der Waals surface area contributed by atoms with Gasteiger partial charge in [0.2, 0.25) is 10.0 Å². The highest BCUT2D eigenvalue weighted by molar-refractivity contribution is 7.92. The molecule has 1 aromatic carbocycles. The van der Waals surface area contributed by atoms with E-state index in [1.807, 2.05) is 6.92 Å². The maximum atomic E-state index is 12.3. The Morgan fingerprint density at radius 3 is 2.77 bits per heavy atom. The van der Waals surface area contributed by atoms with E-state index in [1.54, 1.807) is 18.2 Å². The largest absolute Gasteiger partial charge is 0.476 e.